The molecule has 0 bridgehead atoms. The number of nitrogens with zero attached hydrogens (tertiary/aromatic N) is 1. The molecule has 7 nitrogen and oxygen atoms in total. The van der Waals surface area contributed by atoms with Crippen LogP contribution in [0, 0.1) is 11.8 Å². The third-order valence-electron chi connectivity index (χ3n) is 7.80. The topological polar surface area (TPSA) is 94.3 Å². The van der Waals surface area contributed by atoms with Gasteiger partial charge in [-0.3, -0.25) is 19.7 Å². The van der Waals surface area contributed by atoms with E-state index in [1.807, 2.05) is 60.8 Å². The molecular weight excluding hydrogens is 520 g/mol. The molecule has 1 spiro atoms. The minimum atomic E-state index is -1.31. The van der Waals surface area contributed by atoms with Crippen molar-refractivity contribution >= 4 is 55.9 Å². The number of aromatic nitrogens is 1. The first-order valence-corrected chi connectivity index (χ1v) is 12.7. The Kier molecular flexibility index (Phi) is 4.56. The molecule has 8 heteroatoms. The fourth-order valence-electron chi connectivity index (χ4n) is 6.34. The summed E-state index contributed by atoms with van der Waals surface area (Å²) >= 11 is 3.45. The second-order valence-corrected chi connectivity index (χ2v) is 10.5. The number of carbonyl (C=O) groups is 3. The number of fused-ring (bicyclic) bond motifs is 5. The molecule has 0 saturated carbocycles. The molecule has 36 heavy (non-hydrogen) atoms. The fourth-order valence-corrected chi connectivity index (χ4v) is 6.73. The first-order chi connectivity index (χ1) is 17.5. The molecule has 0 unspecified atom stereocenters. The Morgan fingerprint density at radius 1 is 0.917 bits per heavy atom. The predicted molar refractivity (Wildman–Crippen MR) is 139 cm³/mol. The maximum atomic E-state index is 14.0. The molecule has 3 N–H and O–H groups in total. The van der Waals surface area contributed by atoms with Gasteiger partial charge in [0.15, 0.2) is 0 Å². The molecule has 0 aliphatic carbocycles. The zero-order valence-corrected chi connectivity index (χ0v) is 20.6. The second-order valence-electron chi connectivity index (χ2n) is 9.62. The number of carbonyl (C=O) groups excluding carboxylic acids is 3. The number of hydrogen-bond acceptors (Lipinski definition) is 4. The van der Waals surface area contributed by atoms with Crippen LogP contribution >= 0.6 is 15.9 Å². The van der Waals surface area contributed by atoms with Gasteiger partial charge in [0.05, 0.1) is 17.5 Å². The highest BCUT2D eigenvalue weighted by molar-refractivity contribution is 9.10. The number of H-pyrrole nitrogens is 1. The molecule has 3 aromatic carbocycles. The average molecular weight is 541 g/mol. The molecule has 7 rings (SSSR count). The lowest BCUT2D eigenvalue weighted by molar-refractivity contribution is -0.130. The quantitative estimate of drug-likeness (QED) is 0.341. The Morgan fingerprint density at radius 3 is 2.58 bits per heavy atom. The van der Waals surface area contributed by atoms with Crippen LogP contribution in [0.1, 0.15) is 11.1 Å². The summed E-state index contributed by atoms with van der Waals surface area (Å²) in [5.74, 6) is -2.49. The van der Waals surface area contributed by atoms with Crippen LogP contribution in [0.5, 0.6) is 0 Å². The molecule has 4 aromatic rings. The van der Waals surface area contributed by atoms with Crippen LogP contribution in [-0.4, -0.2) is 28.7 Å². The molecule has 3 amide bonds. The van der Waals surface area contributed by atoms with E-state index in [1.54, 1.807) is 18.2 Å². The van der Waals surface area contributed by atoms with E-state index in [-0.39, 0.29) is 17.7 Å². The number of rotatable bonds is 3. The Bertz CT molecular complexity index is 1600. The van der Waals surface area contributed by atoms with Gasteiger partial charge in [-0.25, -0.2) is 4.90 Å². The van der Waals surface area contributed by atoms with E-state index in [9.17, 15) is 14.4 Å². The lowest BCUT2D eigenvalue weighted by atomic mass is 9.76. The fraction of sp³-hybridized carbons (Fsp3) is 0.179. The van der Waals surface area contributed by atoms with Crippen LogP contribution in [0.4, 0.5) is 11.4 Å². The van der Waals surface area contributed by atoms with Crippen LogP contribution in [0.2, 0.25) is 0 Å². The van der Waals surface area contributed by atoms with Crippen molar-refractivity contribution in [2.75, 3.05) is 10.2 Å². The molecule has 4 heterocycles. The van der Waals surface area contributed by atoms with Gasteiger partial charge in [0.2, 0.25) is 17.7 Å². The number of benzene rings is 3. The predicted octanol–water partition coefficient (Wildman–Crippen LogP) is 4.10. The molecular formula is C28H21BrN4O3. The molecule has 0 radical (unpaired) electrons. The first-order valence-electron chi connectivity index (χ1n) is 11.9. The van der Waals surface area contributed by atoms with E-state index < -0.39 is 23.4 Å². The smallest absolute Gasteiger partial charge is 0.250 e. The summed E-state index contributed by atoms with van der Waals surface area (Å²) in [5.41, 5.74) is 2.61. The SMILES string of the molecule is O=C1[C@H]2[C@@H](C(=O)N1c1cccc(Br)c1)[C@]1(N[C@@H]2Cc2c[nH]c3ccccc23)C(=O)Nc2ccccc21. The van der Waals surface area contributed by atoms with Crippen molar-refractivity contribution in [2.45, 2.75) is 18.0 Å². The van der Waals surface area contributed by atoms with Crippen LogP contribution < -0.4 is 15.5 Å². The highest BCUT2D eigenvalue weighted by Crippen LogP contribution is 2.54. The first kappa shape index (κ1) is 21.5. The summed E-state index contributed by atoms with van der Waals surface area (Å²) in [6, 6.07) is 22.1. The number of aromatic amines is 1. The van der Waals surface area contributed by atoms with E-state index in [2.05, 4.69) is 31.5 Å². The van der Waals surface area contributed by atoms with Crippen molar-refractivity contribution in [3.05, 3.63) is 94.6 Å². The van der Waals surface area contributed by atoms with E-state index in [0.717, 1.165) is 20.9 Å². The number of halogens is 1. The summed E-state index contributed by atoms with van der Waals surface area (Å²) in [4.78, 5) is 46.2. The summed E-state index contributed by atoms with van der Waals surface area (Å²) in [6.07, 6.45) is 2.44. The molecule has 3 aliphatic heterocycles. The van der Waals surface area contributed by atoms with Crippen LogP contribution in [-0.2, 0) is 26.3 Å². The summed E-state index contributed by atoms with van der Waals surface area (Å²) in [7, 11) is 0. The van der Waals surface area contributed by atoms with Crippen molar-refractivity contribution in [1.82, 2.24) is 10.3 Å². The molecule has 4 atom stereocenters. The minimum absolute atomic E-state index is 0.283. The van der Waals surface area contributed by atoms with Gasteiger partial charge in [0.1, 0.15) is 5.54 Å². The second kappa shape index (κ2) is 7.62. The lowest BCUT2D eigenvalue weighted by Crippen LogP contribution is -2.53. The summed E-state index contributed by atoms with van der Waals surface area (Å²) in [5, 5.41) is 7.54. The Balaban J connectivity index is 1.38. The highest BCUT2D eigenvalue weighted by Gasteiger charge is 2.70. The van der Waals surface area contributed by atoms with Crippen molar-refractivity contribution in [1.29, 1.82) is 0 Å². The molecule has 1 aromatic heterocycles. The highest BCUT2D eigenvalue weighted by atomic mass is 79.9. The van der Waals surface area contributed by atoms with Gasteiger partial charge in [0, 0.05) is 38.9 Å². The normalized spacial score (nSPS) is 26.6. The zero-order chi connectivity index (χ0) is 24.6. The van der Waals surface area contributed by atoms with Crippen molar-refractivity contribution in [2.24, 2.45) is 11.8 Å². The lowest BCUT2D eigenvalue weighted by Gasteiger charge is -2.29. The van der Waals surface area contributed by atoms with Crippen LogP contribution in [0.15, 0.2) is 83.5 Å². The average Bonchev–Trinajstić information content (AvgIpc) is 3.58. The number of imide groups is 1. The van der Waals surface area contributed by atoms with E-state index in [0.29, 0.717) is 23.4 Å². The summed E-state index contributed by atoms with van der Waals surface area (Å²) in [6.45, 7) is 0. The van der Waals surface area contributed by atoms with Crippen LogP contribution in [0.3, 0.4) is 0 Å². The van der Waals surface area contributed by atoms with E-state index in [1.165, 1.54) is 4.90 Å². The molecule has 2 fully saturated rings. The number of hydrogen-bond donors (Lipinski definition) is 3. The minimum Gasteiger partial charge on any atom is -0.361 e. The summed E-state index contributed by atoms with van der Waals surface area (Å²) < 4.78 is 0.768. The van der Waals surface area contributed by atoms with Gasteiger partial charge in [0.25, 0.3) is 0 Å². The van der Waals surface area contributed by atoms with E-state index in [4.69, 9.17) is 0 Å². The Labute approximate surface area is 215 Å². The van der Waals surface area contributed by atoms with Crippen LogP contribution in [0.25, 0.3) is 10.9 Å². The molecule has 178 valence electrons. The van der Waals surface area contributed by atoms with Gasteiger partial charge in [-0.05, 0) is 42.3 Å². The largest absolute Gasteiger partial charge is 0.361 e. The van der Waals surface area contributed by atoms with E-state index >= 15 is 0 Å². The Hall–Kier alpha value is -3.75. The van der Waals surface area contributed by atoms with Gasteiger partial charge in [-0.1, -0.05) is 58.4 Å². The number of para-hydroxylation sites is 2. The molecule has 3 aliphatic rings. The maximum Gasteiger partial charge on any atom is 0.250 e. The molecule has 2 saturated heterocycles. The van der Waals surface area contributed by atoms with Crippen molar-refractivity contribution < 1.29 is 14.4 Å². The Morgan fingerprint density at radius 2 is 1.72 bits per heavy atom. The number of nitrogens with one attached hydrogen (secondary N) is 3. The third-order valence-corrected chi connectivity index (χ3v) is 8.30. The van der Waals surface area contributed by atoms with Gasteiger partial charge in [-0.2, -0.15) is 0 Å². The standard InChI is InChI=1S/C28H21BrN4O3/c29-16-6-5-7-17(13-16)33-25(34)23-22(12-15-14-30-20-10-3-1-8-18(15)20)32-28(24(23)26(33)35)19-9-2-4-11-21(19)31-27(28)36/h1-11,13-14,22-24,30,32H,12H2,(H,31,36)/t22-,23-,24+,28+/m1/s1. The van der Waals surface area contributed by atoms with Gasteiger partial charge in [-0.15, -0.1) is 0 Å². The number of amides is 3. The number of anilines is 2. The third kappa shape index (κ3) is 2.79. The monoisotopic (exact) mass is 540 g/mol. The zero-order valence-electron chi connectivity index (χ0n) is 19.0. The van der Waals surface area contributed by atoms with Crippen molar-refractivity contribution in [3.63, 3.8) is 0 Å². The maximum absolute atomic E-state index is 14.0. The van der Waals surface area contributed by atoms with Gasteiger partial charge < -0.3 is 10.3 Å². The van der Waals surface area contributed by atoms with Crippen molar-refractivity contribution in [3.8, 4) is 0 Å². The van der Waals surface area contributed by atoms with Gasteiger partial charge >= 0.3 is 0 Å².